The maximum atomic E-state index is 4.28. The summed E-state index contributed by atoms with van der Waals surface area (Å²) >= 11 is 0. The fourth-order valence-electron chi connectivity index (χ4n) is 2.22. The Morgan fingerprint density at radius 3 is 2.69 bits per heavy atom. The highest BCUT2D eigenvalue weighted by Crippen LogP contribution is 2.40. The van der Waals surface area contributed by atoms with Crippen molar-refractivity contribution in [2.24, 2.45) is 0 Å². The molecule has 3 heteroatoms. The predicted molar refractivity (Wildman–Crippen MR) is 54.2 cm³/mol. The molecule has 1 aromatic heterocycles. The average molecular weight is 179 g/mol. The van der Waals surface area contributed by atoms with E-state index < -0.39 is 0 Å². The van der Waals surface area contributed by atoms with Crippen LogP contribution < -0.4 is 5.32 Å². The number of H-pyrrole nitrogens is 1. The Hall–Kier alpha value is -0.990. The lowest BCUT2D eigenvalue weighted by atomic mass is 9.82. The molecular weight excluding hydrogens is 162 g/mol. The van der Waals surface area contributed by atoms with Crippen LogP contribution in [0.25, 0.3) is 0 Å². The third-order valence-electron chi connectivity index (χ3n) is 3.09. The van der Waals surface area contributed by atoms with Crippen LogP contribution in [0.3, 0.4) is 0 Å². The normalized spacial score (nSPS) is 27.0. The molecule has 1 aliphatic carbocycles. The van der Waals surface area contributed by atoms with Crippen molar-refractivity contribution in [1.82, 2.24) is 10.2 Å². The molecule has 0 amide bonds. The fourth-order valence-corrected chi connectivity index (χ4v) is 2.22. The summed E-state index contributed by atoms with van der Waals surface area (Å²) < 4.78 is 0. The Balaban J connectivity index is 2.47. The maximum absolute atomic E-state index is 4.28. The molecule has 2 unspecified atom stereocenters. The first-order chi connectivity index (χ1) is 6.24. The molecule has 1 aromatic rings. The molecule has 1 heterocycles. The van der Waals surface area contributed by atoms with Crippen LogP contribution in [0.5, 0.6) is 0 Å². The molecule has 0 radical (unpaired) electrons. The van der Waals surface area contributed by atoms with Crippen molar-refractivity contribution in [1.29, 1.82) is 0 Å². The largest absolute Gasteiger partial charge is 0.371 e. The predicted octanol–water partition coefficient (Wildman–Crippen LogP) is 2.45. The van der Waals surface area contributed by atoms with Gasteiger partial charge in [0, 0.05) is 18.3 Å². The first-order valence-corrected chi connectivity index (χ1v) is 5.00. The second-order valence-electron chi connectivity index (χ2n) is 4.03. The number of hydrogen-bond donors (Lipinski definition) is 2. The van der Waals surface area contributed by atoms with E-state index in [0.717, 1.165) is 5.82 Å². The lowest BCUT2D eigenvalue weighted by Gasteiger charge is -2.23. The highest BCUT2D eigenvalue weighted by atomic mass is 15.2. The SMILES string of the molecule is CNc1n[nH]c2c1C(C)CCC2C. The number of nitrogens with one attached hydrogen (secondary N) is 2. The third-order valence-corrected chi connectivity index (χ3v) is 3.09. The Labute approximate surface area is 78.9 Å². The molecule has 0 saturated heterocycles. The summed E-state index contributed by atoms with van der Waals surface area (Å²) in [5.74, 6) is 2.32. The third kappa shape index (κ3) is 1.23. The van der Waals surface area contributed by atoms with E-state index in [1.54, 1.807) is 0 Å². The summed E-state index contributed by atoms with van der Waals surface area (Å²) in [5, 5.41) is 10.6. The highest BCUT2D eigenvalue weighted by Gasteiger charge is 2.26. The van der Waals surface area contributed by atoms with Gasteiger partial charge in [-0.3, -0.25) is 5.10 Å². The molecular formula is C10H17N3. The molecule has 0 aliphatic heterocycles. The minimum absolute atomic E-state index is 0.640. The van der Waals surface area contributed by atoms with Crippen molar-refractivity contribution in [3.63, 3.8) is 0 Å². The Morgan fingerprint density at radius 2 is 2.00 bits per heavy atom. The summed E-state index contributed by atoms with van der Waals surface area (Å²) in [6, 6.07) is 0. The highest BCUT2D eigenvalue weighted by molar-refractivity contribution is 5.50. The van der Waals surface area contributed by atoms with Gasteiger partial charge in [-0.2, -0.15) is 5.10 Å². The number of aromatic nitrogens is 2. The second kappa shape index (κ2) is 3.05. The van der Waals surface area contributed by atoms with E-state index in [2.05, 4.69) is 29.4 Å². The average Bonchev–Trinajstić information content (AvgIpc) is 2.56. The lowest BCUT2D eigenvalue weighted by Crippen LogP contribution is -2.10. The molecule has 0 bridgehead atoms. The van der Waals surface area contributed by atoms with Crippen molar-refractivity contribution in [2.45, 2.75) is 38.5 Å². The Kier molecular flexibility index (Phi) is 2.02. The fraction of sp³-hybridized carbons (Fsp3) is 0.700. The molecule has 0 spiro atoms. The minimum atomic E-state index is 0.640. The van der Waals surface area contributed by atoms with Crippen molar-refractivity contribution in [3.05, 3.63) is 11.3 Å². The van der Waals surface area contributed by atoms with E-state index in [4.69, 9.17) is 0 Å². The standard InChI is InChI=1S/C10H17N3/c1-6-4-5-7(2)9-8(6)10(11-3)13-12-9/h6-7H,4-5H2,1-3H3,(H2,11,12,13). The van der Waals surface area contributed by atoms with Crippen LogP contribution in [0.15, 0.2) is 0 Å². The van der Waals surface area contributed by atoms with E-state index in [-0.39, 0.29) is 0 Å². The second-order valence-corrected chi connectivity index (χ2v) is 4.03. The van der Waals surface area contributed by atoms with E-state index in [1.807, 2.05) is 7.05 Å². The van der Waals surface area contributed by atoms with E-state index in [0.29, 0.717) is 11.8 Å². The van der Waals surface area contributed by atoms with Crippen LogP contribution in [0.2, 0.25) is 0 Å². The van der Waals surface area contributed by atoms with E-state index in [9.17, 15) is 0 Å². The molecule has 3 nitrogen and oxygen atoms in total. The van der Waals surface area contributed by atoms with Gasteiger partial charge in [-0.05, 0) is 24.7 Å². The molecule has 0 saturated carbocycles. The van der Waals surface area contributed by atoms with Crippen molar-refractivity contribution in [2.75, 3.05) is 12.4 Å². The van der Waals surface area contributed by atoms with Gasteiger partial charge in [0.1, 0.15) is 0 Å². The molecule has 72 valence electrons. The molecule has 2 atom stereocenters. The topological polar surface area (TPSA) is 40.7 Å². The number of rotatable bonds is 1. The molecule has 0 aromatic carbocycles. The maximum Gasteiger partial charge on any atom is 0.151 e. The Morgan fingerprint density at radius 1 is 1.31 bits per heavy atom. The first-order valence-electron chi connectivity index (χ1n) is 5.00. The lowest BCUT2D eigenvalue weighted by molar-refractivity contribution is 0.520. The van der Waals surface area contributed by atoms with Gasteiger partial charge in [0.05, 0.1) is 0 Å². The number of nitrogens with zero attached hydrogens (tertiary/aromatic N) is 1. The van der Waals surface area contributed by atoms with Gasteiger partial charge in [-0.1, -0.05) is 13.8 Å². The van der Waals surface area contributed by atoms with Crippen molar-refractivity contribution in [3.8, 4) is 0 Å². The van der Waals surface area contributed by atoms with Gasteiger partial charge in [0.2, 0.25) is 0 Å². The molecule has 13 heavy (non-hydrogen) atoms. The van der Waals surface area contributed by atoms with Crippen LogP contribution in [-0.4, -0.2) is 17.2 Å². The number of fused-ring (bicyclic) bond motifs is 1. The van der Waals surface area contributed by atoms with Crippen molar-refractivity contribution >= 4 is 5.82 Å². The van der Waals surface area contributed by atoms with Crippen molar-refractivity contribution < 1.29 is 0 Å². The van der Waals surface area contributed by atoms with Crippen LogP contribution in [0, 0.1) is 0 Å². The quantitative estimate of drug-likeness (QED) is 0.695. The van der Waals surface area contributed by atoms with Crippen LogP contribution in [-0.2, 0) is 0 Å². The van der Waals surface area contributed by atoms with Gasteiger partial charge < -0.3 is 5.32 Å². The van der Waals surface area contributed by atoms with Gasteiger partial charge in [0.15, 0.2) is 5.82 Å². The van der Waals surface area contributed by atoms with Gasteiger partial charge in [-0.15, -0.1) is 0 Å². The molecule has 1 aliphatic rings. The minimum Gasteiger partial charge on any atom is -0.371 e. The zero-order valence-corrected chi connectivity index (χ0v) is 8.52. The molecule has 2 N–H and O–H groups in total. The molecule has 0 fully saturated rings. The summed E-state index contributed by atoms with van der Waals surface area (Å²) in [7, 11) is 1.93. The zero-order valence-electron chi connectivity index (χ0n) is 8.52. The summed E-state index contributed by atoms with van der Waals surface area (Å²) in [6.07, 6.45) is 2.56. The van der Waals surface area contributed by atoms with Crippen LogP contribution >= 0.6 is 0 Å². The van der Waals surface area contributed by atoms with Gasteiger partial charge in [-0.25, -0.2) is 0 Å². The van der Waals surface area contributed by atoms with Gasteiger partial charge in [0.25, 0.3) is 0 Å². The van der Waals surface area contributed by atoms with Gasteiger partial charge >= 0.3 is 0 Å². The van der Waals surface area contributed by atoms with Crippen LogP contribution in [0.4, 0.5) is 5.82 Å². The summed E-state index contributed by atoms with van der Waals surface area (Å²) in [6.45, 7) is 4.55. The molecule has 2 rings (SSSR count). The number of anilines is 1. The Bertz CT molecular complexity index is 303. The van der Waals surface area contributed by atoms with E-state index in [1.165, 1.54) is 24.1 Å². The summed E-state index contributed by atoms with van der Waals surface area (Å²) in [5.41, 5.74) is 2.74. The number of hydrogen-bond acceptors (Lipinski definition) is 2. The first kappa shape index (κ1) is 8.60. The summed E-state index contributed by atoms with van der Waals surface area (Å²) in [4.78, 5) is 0. The smallest absolute Gasteiger partial charge is 0.151 e. The zero-order chi connectivity index (χ0) is 9.42. The van der Waals surface area contributed by atoms with Crippen LogP contribution in [0.1, 0.15) is 49.8 Å². The monoisotopic (exact) mass is 179 g/mol. The van der Waals surface area contributed by atoms with E-state index >= 15 is 0 Å². The number of aromatic amines is 1.